The number of fused-ring (bicyclic) bond motifs is 1. The molecule has 0 radical (unpaired) electrons. The van der Waals surface area contributed by atoms with Crippen LogP contribution in [0.1, 0.15) is 61.7 Å². The first kappa shape index (κ1) is 24.8. The molecule has 0 fully saturated rings. The third-order valence-corrected chi connectivity index (χ3v) is 7.94. The van der Waals surface area contributed by atoms with Gasteiger partial charge in [-0.15, -0.1) is 22.9 Å². The van der Waals surface area contributed by atoms with Crippen LogP contribution in [0.15, 0.2) is 35.7 Å². The van der Waals surface area contributed by atoms with Crippen molar-refractivity contribution in [2.24, 2.45) is 11.3 Å². The number of amides is 2. The highest BCUT2D eigenvalue weighted by Crippen LogP contribution is 2.39. The number of hydrogen-bond donors (Lipinski definition) is 0. The predicted molar refractivity (Wildman–Crippen MR) is 133 cm³/mol. The van der Waals surface area contributed by atoms with Crippen LogP contribution < -0.4 is 0 Å². The number of benzene rings is 1. The molecule has 2 amide bonds. The number of carbonyl (C=O) groups is 2. The molecular weight excluding hydrogens is 440 g/mol. The molecule has 0 bridgehead atoms. The summed E-state index contributed by atoms with van der Waals surface area (Å²) in [7, 11) is 0. The van der Waals surface area contributed by atoms with Crippen LogP contribution in [0.2, 0.25) is 0 Å². The van der Waals surface area contributed by atoms with Gasteiger partial charge < -0.3 is 9.80 Å². The molecule has 2 heterocycles. The fraction of sp³-hybridized carbons (Fsp3) is 0.538. The topological polar surface area (TPSA) is 40.6 Å². The van der Waals surface area contributed by atoms with Gasteiger partial charge >= 0.3 is 0 Å². The van der Waals surface area contributed by atoms with Crippen molar-refractivity contribution in [2.75, 3.05) is 25.5 Å². The third-order valence-electron chi connectivity index (χ3n) is 6.27. The summed E-state index contributed by atoms with van der Waals surface area (Å²) in [6.45, 7) is 11.4. The average molecular weight is 475 g/mol. The molecule has 0 spiro atoms. The second kappa shape index (κ2) is 10.4. The molecule has 3 rings (SSSR count). The van der Waals surface area contributed by atoms with Crippen molar-refractivity contribution in [3.63, 3.8) is 0 Å². The third kappa shape index (κ3) is 5.37. The van der Waals surface area contributed by atoms with E-state index in [9.17, 15) is 9.59 Å². The standard InChI is InChI=1S/C26H35ClN2O2S/c1-18(2)10-13-28(25(31)26(4,5)17-27)16-23(30)29-14-11-22-21(12-15-32-22)24(29)20-9-7-6-8-19(20)3/h6-9,12,15,18,24H,10-11,13-14,16-17H2,1-5H3. The van der Waals surface area contributed by atoms with Crippen molar-refractivity contribution in [1.29, 1.82) is 0 Å². The summed E-state index contributed by atoms with van der Waals surface area (Å²) in [6.07, 6.45) is 1.71. The monoisotopic (exact) mass is 474 g/mol. The van der Waals surface area contributed by atoms with Gasteiger partial charge in [0.25, 0.3) is 0 Å². The van der Waals surface area contributed by atoms with Crippen molar-refractivity contribution < 1.29 is 9.59 Å². The average Bonchev–Trinajstić information content (AvgIpc) is 3.24. The molecule has 2 aromatic rings. The molecule has 0 N–H and O–H groups in total. The molecular formula is C26H35ClN2O2S. The fourth-order valence-corrected chi connectivity index (χ4v) is 5.24. The summed E-state index contributed by atoms with van der Waals surface area (Å²) in [4.78, 5) is 32.0. The summed E-state index contributed by atoms with van der Waals surface area (Å²) in [5.74, 6) is 0.619. The van der Waals surface area contributed by atoms with Crippen LogP contribution in [-0.4, -0.2) is 47.1 Å². The smallest absolute Gasteiger partial charge is 0.242 e. The number of alkyl halides is 1. The summed E-state index contributed by atoms with van der Waals surface area (Å²) in [5.41, 5.74) is 2.84. The highest BCUT2D eigenvalue weighted by molar-refractivity contribution is 7.10. The van der Waals surface area contributed by atoms with Crippen molar-refractivity contribution in [3.8, 4) is 0 Å². The van der Waals surface area contributed by atoms with E-state index in [4.69, 9.17) is 11.6 Å². The summed E-state index contributed by atoms with van der Waals surface area (Å²) < 4.78 is 0. The maximum atomic E-state index is 13.7. The van der Waals surface area contributed by atoms with Crippen molar-refractivity contribution in [3.05, 3.63) is 57.3 Å². The minimum atomic E-state index is -0.698. The number of aryl methyl sites for hydroxylation is 1. The number of rotatable bonds is 8. The van der Waals surface area contributed by atoms with Gasteiger partial charge in [0.05, 0.1) is 18.0 Å². The van der Waals surface area contributed by atoms with Gasteiger partial charge in [0.15, 0.2) is 0 Å². The molecule has 1 aromatic heterocycles. The van der Waals surface area contributed by atoms with E-state index < -0.39 is 5.41 Å². The van der Waals surface area contributed by atoms with Crippen molar-refractivity contribution in [2.45, 2.75) is 53.5 Å². The van der Waals surface area contributed by atoms with Crippen LogP contribution >= 0.6 is 22.9 Å². The van der Waals surface area contributed by atoms with Gasteiger partial charge in [0.2, 0.25) is 11.8 Å². The highest BCUT2D eigenvalue weighted by Gasteiger charge is 2.37. The van der Waals surface area contributed by atoms with Crippen LogP contribution in [0.4, 0.5) is 0 Å². The Morgan fingerprint density at radius 3 is 2.59 bits per heavy atom. The van der Waals surface area contributed by atoms with E-state index in [2.05, 4.69) is 44.4 Å². The number of hydrogen-bond acceptors (Lipinski definition) is 3. The zero-order valence-electron chi connectivity index (χ0n) is 19.9. The van der Waals surface area contributed by atoms with Gasteiger partial charge in [-0.3, -0.25) is 9.59 Å². The summed E-state index contributed by atoms with van der Waals surface area (Å²) >= 11 is 7.87. The number of nitrogens with zero attached hydrogens (tertiary/aromatic N) is 2. The Bertz CT molecular complexity index is 953. The van der Waals surface area contributed by atoms with E-state index in [0.29, 0.717) is 19.0 Å². The molecule has 0 aliphatic carbocycles. The van der Waals surface area contributed by atoms with Crippen LogP contribution in [0.5, 0.6) is 0 Å². The van der Waals surface area contributed by atoms with Crippen molar-refractivity contribution in [1.82, 2.24) is 9.80 Å². The molecule has 1 atom stereocenters. The number of carbonyl (C=O) groups excluding carboxylic acids is 2. The Morgan fingerprint density at radius 2 is 1.94 bits per heavy atom. The summed E-state index contributed by atoms with van der Waals surface area (Å²) in [5, 5.41) is 2.12. The SMILES string of the molecule is Cc1ccccc1C1c2ccsc2CCN1C(=O)CN(CCC(C)C)C(=O)C(C)(C)CCl. The Labute approximate surface area is 201 Å². The highest BCUT2D eigenvalue weighted by atomic mass is 35.5. The molecule has 1 unspecified atom stereocenters. The van der Waals surface area contributed by atoms with Gasteiger partial charge in [0.1, 0.15) is 0 Å². The first-order chi connectivity index (χ1) is 15.2. The van der Waals surface area contributed by atoms with Crippen molar-refractivity contribution >= 4 is 34.8 Å². The minimum absolute atomic E-state index is 0.00224. The van der Waals surface area contributed by atoms with Crippen LogP contribution in [0.25, 0.3) is 0 Å². The molecule has 1 aliphatic heterocycles. The number of halogens is 1. The maximum Gasteiger partial charge on any atom is 0.242 e. The molecule has 1 aromatic carbocycles. The van der Waals surface area contributed by atoms with E-state index in [1.54, 1.807) is 16.2 Å². The zero-order valence-corrected chi connectivity index (χ0v) is 21.4. The van der Waals surface area contributed by atoms with Gasteiger partial charge in [-0.2, -0.15) is 0 Å². The predicted octanol–water partition coefficient (Wildman–Crippen LogP) is 5.67. The lowest BCUT2D eigenvalue weighted by Crippen LogP contribution is -2.50. The maximum absolute atomic E-state index is 13.7. The van der Waals surface area contributed by atoms with E-state index in [1.165, 1.54) is 16.0 Å². The first-order valence-corrected chi connectivity index (χ1v) is 12.8. The lowest BCUT2D eigenvalue weighted by Gasteiger charge is -2.39. The molecule has 1 aliphatic rings. The molecule has 4 nitrogen and oxygen atoms in total. The van der Waals surface area contributed by atoms with Crippen LogP contribution in [0.3, 0.4) is 0 Å². The molecule has 0 saturated carbocycles. The lowest BCUT2D eigenvalue weighted by molar-refractivity contribution is -0.146. The first-order valence-electron chi connectivity index (χ1n) is 11.4. The molecule has 174 valence electrons. The van der Waals surface area contributed by atoms with E-state index in [0.717, 1.165) is 18.4 Å². The second-order valence-corrected chi connectivity index (χ2v) is 11.1. The normalized spacial score (nSPS) is 16.2. The zero-order chi connectivity index (χ0) is 23.5. The van der Waals surface area contributed by atoms with Gasteiger partial charge in [0, 0.05) is 23.8 Å². The minimum Gasteiger partial charge on any atom is -0.333 e. The van der Waals surface area contributed by atoms with Crippen LogP contribution in [0, 0.1) is 18.3 Å². The van der Waals surface area contributed by atoms with Gasteiger partial charge in [-0.25, -0.2) is 0 Å². The quantitative estimate of drug-likeness (QED) is 0.462. The second-order valence-electron chi connectivity index (χ2n) is 9.82. The Hall–Kier alpha value is -1.85. The Kier molecular flexibility index (Phi) is 8.05. The number of thiophene rings is 1. The van der Waals surface area contributed by atoms with Crippen LogP contribution in [-0.2, 0) is 16.0 Å². The summed E-state index contributed by atoms with van der Waals surface area (Å²) in [6, 6.07) is 10.3. The molecule has 0 saturated heterocycles. The van der Waals surface area contributed by atoms with E-state index in [1.807, 2.05) is 30.9 Å². The Morgan fingerprint density at radius 1 is 1.22 bits per heavy atom. The van der Waals surface area contributed by atoms with E-state index >= 15 is 0 Å². The molecule has 6 heteroatoms. The largest absolute Gasteiger partial charge is 0.333 e. The van der Waals surface area contributed by atoms with E-state index in [-0.39, 0.29) is 30.3 Å². The molecule has 32 heavy (non-hydrogen) atoms. The van der Waals surface area contributed by atoms with Gasteiger partial charge in [-0.1, -0.05) is 38.1 Å². The Balaban J connectivity index is 1.91. The van der Waals surface area contributed by atoms with Gasteiger partial charge in [-0.05, 0) is 67.7 Å². The lowest BCUT2D eigenvalue weighted by atomic mass is 9.90. The fourth-order valence-electron chi connectivity index (χ4n) is 4.22.